The van der Waals surface area contributed by atoms with Gasteiger partial charge in [0.25, 0.3) is 0 Å². The van der Waals surface area contributed by atoms with Crippen LogP contribution >= 0.6 is 11.6 Å². The second-order valence-corrected chi connectivity index (χ2v) is 4.91. The molecule has 1 aromatic carbocycles. The van der Waals surface area contributed by atoms with Gasteiger partial charge in [-0.05, 0) is 37.1 Å². The van der Waals surface area contributed by atoms with Crippen molar-refractivity contribution in [1.82, 2.24) is 0 Å². The lowest BCUT2D eigenvalue weighted by Crippen LogP contribution is -2.08. The number of unbranched alkanes of at least 4 members (excludes halogenated alkanes) is 1. The van der Waals surface area contributed by atoms with Crippen molar-refractivity contribution in [2.45, 2.75) is 33.1 Å². The molecule has 0 N–H and O–H groups in total. The largest absolute Gasteiger partial charge is 0.491 e. The van der Waals surface area contributed by atoms with Crippen LogP contribution < -0.4 is 4.74 Å². The van der Waals surface area contributed by atoms with Gasteiger partial charge in [0.05, 0.1) is 6.61 Å². The Balaban J connectivity index is 2.38. The number of hydrogen-bond acceptors (Lipinski definition) is 2. The van der Waals surface area contributed by atoms with Crippen molar-refractivity contribution >= 4 is 11.6 Å². The maximum Gasteiger partial charge on any atom is 0.122 e. The summed E-state index contributed by atoms with van der Waals surface area (Å²) < 4.78 is 11.2. The van der Waals surface area contributed by atoms with Crippen LogP contribution in [0, 0.1) is 18.8 Å². The van der Waals surface area contributed by atoms with Crippen LogP contribution in [0.25, 0.3) is 0 Å². The Morgan fingerprint density at radius 1 is 1.20 bits per heavy atom. The molecule has 0 unspecified atom stereocenters. The van der Waals surface area contributed by atoms with E-state index in [4.69, 9.17) is 21.1 Å². The van der Waals surface area contributed by atoms with Crippen LogP contribution in [-0.4, -0.2) is 25.7 Å². The SMILES string of the molecule is CCCCOCCOc1ccc(C#CCCCl)cc1C. The Labute approximate surface area is 127 Å². The van der Waals surface area contributed by atoms with E-state index in [1.165, 1.54) is 0 Å². The molecule has 0 atom stereocenters. The first-order valence-corrected chi connectivity index (χ1v) is 7.67. The van der Waals surface area contributed by atoms with Crippen molar-refractivity contribution in [3.8, 4) is 17.6 Å². The zero-order chi connectivity index (χ0) is 14.6. The van der Waals surface area contributed by atoms with Crippen molar-refractivity contribution in [2.24, 2.45) is 0 Å². The summed E-state index contributed by atoms with van der Waals surface area (Å²) in [6.07, 6.45) is 2.98. The van der Waals surface area contributed by atoms with Crippen LogP contribution in [-0.2, 0) is 4.74 Å². The van der Waals surface area contributed by atoms with Crippen LogP contribution in [0.1, 0.15) is 37.3 Å². The summed E-state index contributed by atoms with van der Waals surface area (Å²) in [5, 5.41) is 0. The summed E-state index contributed by atoms with van der Waals surface area (Å²) in [7, 11) is 0. The van der Waals surface area contributed by atoms with E-state index in [1.54, 1.807) is 0 Å². The molecule has 0 aliphatic heterocycles. The highest BCUT2D eigenvalue weighted by atomic mass is 35.5. The smallest absolute Gasteiger partial charge is 0.122 e. The average molecular weight is 295 g/mol. The number of rotatable bonds is 8. The van der Waals surface area contributed by atoms with Gasteiger partial charge in [0.1, 0.15) is 12.4 Å². The molecule has 0 amide bonds. The van der Waals surface area contributed by atoms with Gasteiger partial charge < -0.3 is 9.47 Å². The van der Waals surface area contributed by atoms with Crippen molar-refractivity contribution in [3.05, 3.63) is 29.3 Å². The van der Waals surface area contributed by atoms with E-state index in [2.05, 4.69) is 18.8 Å². The Hall–Kier alpha value is -1.17. The molecule has 0 aliphatic carbocycles. The molecule has 110 valence electrons. The fourth-order valence-electron chi connectivity index (χ4n) is 1.66. The summed E-state index contributed by atoms with van der Waals surface area (Å²) in [5.41, 5.74) is 2.09. The Morgan fingerprint density at radius 2 is 2.05 bits per heavy atom. The standard InChI is InChI=1S/C17H23ClO2/c1-3-4-11-19-12-13-20-17-9-8-16(14-15(17)2)7-5-6-10-18/h8-9,14H,3-4,6,10-13H2,1-2H3. The van der Waals surface area contributed by atoms with Gasteiger partial charge in [-0.2, -0.15) is 0 Å². The topological polar surface area (TPSA) is 18.5 Å². The molecule has 0 radical (unpaired) electrons. The predicted octanol–water partition coefficient (Wildman–Crippen LogP) is 4.17. The molecule has 0 fully saturated rings. The van der Waals surface area contributed by atoms with Gasteiger partial charge in [0.15, 0.2) is 0 Å². The Bertz CT molecular complexity index is 446. The highest BCUT2D eigenvalue weighted by Crippen LogP contribution is 2.18. The second kappa shape index (κ2) is 10.6. The van der Waals surface area contributed by atoms with E-state index in [0.717, 1.165) is 36.3 Å². The monoisotopic (exact) mass is 294 g/mol. The van der Waals surface area contributed by atoms with Gasteiger partial charge in [0.2, 0.25) is 0 Å². The number of benzene rings is 1. The molecule has 2 nitrogen and oxygen atoms in total. The molecule has 0 saturated heterocycles. The number of aryl methyl sites for hydroxylation is 1. The van der Waals surface area contributed by atoms with Gasteiger partial charge in [-0.15, -0.1) is 11.6 Å². The lowest BCUT2D eigenvalue weighted by Gasteiger charge is -2.09. The van der Waals surface area contributed by atoms with Gasteiger partial charge in [0, 0.05) is 24.5 Å². The summed E-state index contributed by atoms with van der Waals surface area (Å²) in [5.74, 6) is 7.59. The number of halogens is 1. The van der Waals surface area contributed by atoms with Crippen LogP contribution in [0.5, 0.6) is 5.75 Å². The van der Waals surface area contributed by atoms with Crippen molar-refractivity contribution < 1.29 is 9.47 Å². The van der Waals surface area contributed by atoms with E-state index < -0.39 is 0 Å². The number of ether oxygens (including phenoxy) is 2. The van der Waals surface area contributed by atoms with E-state index in [9.17, 15) is 0 Å². The zero-order valence-electron chi connectivity index (χ0n) is 12.4. The van der Waals surface area contributed by atoms with Crippen LogP contribution in [0.4, 0.5) is 0 Å². The molecule has 0 heterocycles. The van der Waals surface area contributed by atoms with Crippen molar-refractivity contribution in [2.75, 3.05) is 25.7 Å². The first-order valence-electron chi connectivity index (χ1n) is 7.14. The Morgan fingerprint density at radius 3 is 2.75 bits per heavy atom. The van der Waals surface area contributed by atoms with Gasteiger partial charge >= 0.3 is 0 Å². The molecule has 0 saturated carbocycles. The first-order chi connectivity index (χ1) is 9.77. The molecular formula is C17H23ClO2. The molecule has 0 bridgehead atoms. The highest BCUT2D eigenvalue weighted by molar-refractivity contribution is 6.18. The molecule has 0 spiro atoms. The van der Waals surface area contributed by atoms with Gasteiger partial charge in [-0.25, -0.2) is 0 Å². The minimum Gasteiger partial charge on any atom is -0.491 e. The maximum absolute atomic E-state index is 5.70. The van der Waals surface area contributed by atoms with Crippen molar-refractivity contribution in [3.63, 3.8) is 0 Å². The fraction of sp³-hybridized carbons (Fsp3) is 0.529. The van der Waals surface area contributed by atoms with E-state index in [0.29, 0.717) is 25.5 Å². The van der Waals surface area contributed by atoms with Crippen molar-refractivity contribution in [1.29, 1.82) is 0 Å². The minimum absolute atomic E-state index is 0.575. The van der Waals surface area contributed by atoms with E-state index in [-0.39, 0.29) is 0 Å². The number of alkyl halides is 1. The predicted molar refractivity (Wildman–Crippen MR) is 84.6 cm³/mol. The van der Waals surface area contributed by atoms with Gasteiger partial charge in [-0.1, -0.05) is 25.2 Å². The minimum atomic E-state index is 0.575. The highest BCUT2D eigenvalue weighted by Gasteiger charge is 2.00. The zero-order valence-corrected chi connectivity index (χ0v) is 13.1. The summed E-state index contributed by atoms with van der Waals surface area (Å²) in [6.45, 7) is 6.22. The van der Waals surface area contributed by atoms with Crippen LogP contribution in [0.3, 0.4) is 0 Å². The first kappa shape index (κ1) is 16.9. The summed E-state index contributed by atoms with van der Waals surface area (Å²) in [4.78, 5) is 0. The lowest BCUT2D eigenvalue weighted by atomic mass is 10.1. The van der Waals surface area contributed by atoms with E-state index >= 15 is 0 Å². The van der Waals surface area contributed by atoms with Crippen LogP contribution in [0.15, 0.2) is 18.2 Å². The number of hydrogen-bond donors (Lipinski definition) is 0. The summed E-state index contributed by atoms with van der Waals surface area (Å²) in [6, 6.07) is 5.97. The molecule has 20 heavy (non-hydrogen) atoms. The molecule has 3 heteroatoms. The molecule has 0 aromatic heterocycles. The summed E-state index contributed by atoms with van der Waals surface area (Å²) >= 11 is 5.59. The van der Waals surface area contributed by atoms with Crippen LogP contribution in [0.2, 0.25) is 0 Å². The third-order valence-electron chi connectivity index (χ3n) is 2.75. The molecule has 1 aromatic rings. The molecule has 0 aliphatic rings. The quantitative estimate of drug-likeness (QED) is 0.407. The third kappa shape index (κ3) is 6.84. The third-order valence-corrected chi connectivity index (χ3v) is 2.94. The normalized spacial score (nSPS) is 9.95. The van der Waals surface area contributed by atoms with E-state index in [1.807, 2.05) is 25.1 Å². The average Bonchev–Trinajstić information content (AvgIpc) is 2.45. The molecular weight excluding hydrogens is 272 g/mol. The molecule has 1 rings (SSSR count). The Kier molecular flexibility index (Phi) is 8.95. The van der Waals surface area contributed by atoms with Gasteiger partial charge in [-0.3, -0.25) is 0 Å². The lowest BCUT2D eigenvalue weighted by molar-refractivity contribution is 0.0978. The second-order valence-electron chi connectivity index (χ2n) is 4.54. The maximum atomic E-state index is 5.70. The fourth-order valence-corrected chi connectivity index (χ4v) is 1.75.